The normalized spacial score (nSPS) is 16.2. The number of methoxy groups -OCH3 is 2. The second-order valence-electron chi connectivity index (χ2n) is 12.1. The van der Waals surface area contributed by atoms with Crippen LogP contribution in [-0.4, -0.2) is 71.3 Å². The Morgan fingerprint density at radius 2 is 1.75 bits per heavy atom. The van der Waals surface area contributed by atoms with Crippen molar-refractivity contribution in [1.82, 2.24) is 9.78 Å². The topological polar surface area (TPSA) is 150 Å². The van der Waals surface area contributed by atoms with Crippen molar-refractivity contribution in [2.45, 2.75) is 39.4 Å². The number of hydrogen-bond acceptors (Lipinski definition) is 9. The maximum atomic E-state index is 14.6. The van der Waals surface area contributed by atoms with Crippen molar-refractivity contribution in [3.63, 3.8) is 0 Å². The standard InChI is InChI=1S/C35H36ClN3O9/c1-20(40)47-19-35(2,3)18-38-27-14-11-22(36)15-26(27)31(25-7-6-8-28(45-4)32(25)46-5)48-29(33(38)42)16-23-17-30(41)39(37-23)24-12-9-21(10-13-24)34(43)44/h6-15,17,29,31,41H,16,18-19H2,1-5H3,(H,43,44)/t29-,31-/m1/s1. The largest absolute Gasteiger partial charge is 0.493 e. The minimum Gasteiger partial charge on any atom is -0.493 e. The minimum atomic E-state index is -1.13. The van der Waals surface area contributed by atoms with Crippen LogP contribution in [0.5, 0.6) is 17.4 Å². The smallest absolute Gasteiger partial charge is 0.335 e. The number of nitrogens with zero attached hydrogens (tertiary/aromatic N) is 3. The van der Waals surface area contributed by atoms with Gasteiger partial charge in [-0.15, -0.1) is 0 Å². The van der Waals surface area contributed by atoms with E-state index >= 15 is 0 Å². The zero-order chi connectivity index (χ0) is 34.7. The fourth-order valence-electron chi connectivity index (χ4n) is 5.64. The summed E-state index contributed by atoms with van der Waals surface area (Å²) in [5.41, 5.74) is 1.91. The van der Waals surface area contributed by atoms with E-state index in [2.05, 4.69) is 5.10 Å². The van der Waals surface area contributed by atoms with Crippen molar-refractivity contribution in [2.75, 3.05) is 32.3 Å². The Morgan fingerprint density at radius 1 is 1.02 bits per heavy atom. The van der Waals surface area contributed by atoms with Gasteiger partial charge in [0.15, 0.2) is 11.5 Å². The first kappa shape index (κ1) is 34.3. The number of ether oxygens (including phenoxy) is 4. The first-order valence-corrected chi connectivity index (χ1v) is 15.4. The highest BCUT2D eigenvalue weighted by molar-refractivity contribution is 6.30. The molecule has 0 radical (unpaired) electrons. The summed E-state index contributed by atoms with van der Waals surface area (Å²) in [6.45, 7) is 5.32. The molecule has 0 spiro atoms. The summed E-state index contributed by atoms with van der Waals surface area (Å²) in [7, 11) is 3.04. The van der Waals surface area contributed by atoms with Crippen LogP contribution in [0.1, 0.15) is 54.1 Å². The number of amides is 1. The first-order valence-electron chi connectivity index (χ1n) is 15.0. The van der Waals surface area contributed by atoms with E-state index in [9.17, 15) is 24.6 Å². The van der Waals surface area contributed by atoms with Crippen molar-refractivity contribution in [1.29, 1.82) is 0 Å². The Labute approximate surface area is 282 Å². The fourth-order valence-corrected chi connectivity index (χ4v) is 5.82. The van der Waals surface area contributed by atoms with Gasteiger partial charge in [0, 0.05) is 53.2 Å². The third kappa shape index (κ3) is 7.24. The second-order valence-corrected chi connectivity index (χ2v) is 12.6. The molecule has 0 saturated carbocycles. The average molecular weight is 678 g/mol. The van der Waals surface area contributed by atoms with Gasteiger partial charge in [0.2, 0.25) is 5.88 Å². The number of carboxylic acids is 1. The number of carbonyl (C=O) groups excluding carboxylic acids is 2. The van der Waals surface area contributed by atoms with Crippen LogP contribution < -0.4 is 14.4 Å². The summed E-state index contributed by atoms with van der Waals surface area (Å²) in [4.78, 5) is 39.2. The van der Waals surface area contributed by atoms with Gasteiger partial charge < -0.3 is 34.1 Å². The zero-order valence-corrected chi connectivity index (χ0v) is 27.9. The van der Waals surface area contributed by atoms with Crippen LogP contribution in [0, 0.1) is 5.41 Å². The molecule has 1 aliphatic heterocycles. The third-order valence-corrected chi connectivity index (χ3v) is 8.10. The maximum absolute atomic E-state index is 14.6. The summed E-state index contributed by atoms with van der Waals surface area (Å²) >= 11 is 6.54. The number of halogens is 1. The maximum Gasteiger partial charge on any atom is 0.335 e. The van der Waals surface area contributed by atoms with Gasteiger partial charge in [-0.05, 0) is 48.5 Å². The van der Waals surface area contributed by atoms with Gasteiger partial charge in [0.25, 0.3) is 5.91 Å². The summed E-state index contributed by atoms with van der Waals surface area (Å²) in [5.74, 6) is -1.24. The lowest BCUT2D eigenvalue weighted by molar-refractivity contribution is -0.143. The lowest BCUT2D eigenvalue weighted by Crippen LogP contribution is -2.46. The lowest BCUT2D eigenvalue weighted by atomic mass is 9.92. The molecule has 4 aromatic rings. The number of aromatic hydroxyl groups is 1. The van der Waals surface area contributed by atoms with Crippen molar-refractivity contribution in [3.8, 4) is 23.1 Å². The molecule has 1 amide bonds. The predicted molar refractivity (Wildman–Crippen MR) is 176 cm³/mol. The van der Waals surface area contributed by atoms with E-state index in [-0.39, 0.29) is 31.0 Å². The average Bonchev–Trinajstić information content (AvgIpc) is 3.39. The Hall–Kier alpha value is -5.07. The third-order valence-electron chi connectivity index (χ3n) is 7.87. The fraction of sp³-hybridized carbons (Fsp3) is 0.314. The predicted octanol–water partition coefficient (Wildman–Crippen LogP) is 5.60. The number of carboxylic acid groups (broad SMARTS) is 1. The minimum absolute atomic E-state index is 0.0437. The Bertz CT molecular complexity index is 1840. The summed E-state index contributed by atoms with van der Waals surface area (Å²) in [6.07, 6.45) is -2.03. The van der Waals surface area contributed by atoms with Gasteiger partial charge in [-0.3, -0.25) is 9.59 Å². The van der Waals surface area contributed by atoms with E-state index in [1.807, 2.05) is 19.9 Å². The summed E-state index contributed by atoms with van der Waals surface area (Å²) < 4.78 is 24.6. The van der Waals surface area contributed by atoms with Crippen LogP contribution in [0.25, 0.3) is 5.69 Å². The van der Waals surface area contributed by atoms with Gasteiger partial charge in [0.05, 0.1) is 37.8 Å². The number of aromatic nitrogens is 2. The van der Waals surface area contributed by atoms with E-state index in [1.165, 1.54) is 56.2 Å². The van der Waals surface area contributed by atoms with Gasteiger partial charge in [0.1, 0.15) is 12.2 Å². The van der Waals surface area contributed by atoms with E-state index in [4.69, 9.17) is 30.5 Å². The van der Waals surface area contributed by atoms with Gasteiger partial charge in [-0.25, -0.2) is 9.48 Å². The first-order chi connectivity index (χ1) is 22.8. The Kier molecular flexibility index (Phi) is 9.97. The SMILES string of the molecule is COc1cccc([C@H]2O[C@H](Cc3cc(O)n(-c4ccc(C(=O)O)cc4)n3)C(=O)N(CC(C)(C)COC(C)=O)c3ccc(Cl)cc32)c1OC. The zero-order valence-electron chi connectivity index (χ0n) is 27.1. The molecule has 0 fully saturated rings. The molecule has 1 aliphatic rings. The number of anilines is 1. The summed E-state index contributed by atoms with van der Waals surface area (Å²) in [5, 5.41) is 25.0. The van der Waals surface area contributed by atoms with E-state index in [1.54, 1.807) is 35.2 Å². The van der Waals surface area contributed by atoms with Crippen molar-refractivity contribution < 1.29 is 43.5 Å². The molecular weight excluding hydrogens is 642 g/mol. The number of hydrogen-bond donors (Lipinski definition) is 2. The van der Waals surface area contributed by atoms with E-state index in [0.717, 1.165) is 0 Å². The molecule has 12 nitrogen and oxygen atoms in total. The van der Waals surface area contributed by atoms with Crippen LogP contribution in [0.15, 0.2) is 66.7 Å². The Morgan fingerprint density at radius 3 is 2.40 bits per heavy atom. The van der Waals surface area contributed by atoms with E-state index < -0.39 is 35.5 Å². The lowest BCUT2D eigenvalue weighted by Gasteiger charge is -2.33. The van der Waals surface area contributed by atoms with Crippen LogP contribution in [0.3, 0.4) is 0 Å². The van der Waals surface area contributed by atoms with Gasteiger partial charge in [-0.1, -0.05) is 37.6 Å². The number of esters is 1. The van der Waals surface area contributed by atoms with Crippen LogP contribution in [0.4, 0.5) is 5.69 Å². The van der Waals surface area contributed by atoms with E-state index in [0.29, 0.717) is 44.7 Å². The molecule has 2 atom stereocenters. The highest BCUT2D eigenvalue weighted by Crippen LogP contribution is 2.45. The van der Waals surface area contributed by atoms with Gasteiger partial charge >= 0.3 is 11.9 Å². The number of benzene rings is 3. The molecule has 2 heterocycles. The molecule has 0 unspecified atom stereocenters. The van der Waals surface area contributed by atoms with Crippen LogP contribution in [-0.2, 0) is 25.5 Å². The molecular formula is C35H36ClN3O9. The van der Waals surface area contributed by atoms with Crippen molar-refractivity contribution >= 4 is 35.1 Å². The number of carbonyl (C=O) groups is 3. The summed E-state index contributed by atoms with van der Waals surface area (Å²) in [6, 6.07) is 17.8. The molecule has 0 bridgehead atoms. The van der Waals surface area contributed by atoms with Crippen LogP contribution >= 0.6 is 11.6 Å². The molecule has 5 rings (SSSR count). The van der Waals surface area contributed by atoms with Crippen molar-refractivity contribution in [2.24, 2.45) is 5.41 Å². The highest BCUT2D eigenvalue weighted by atomic mass is 35.5. The molecule has 13 heteroatoms. The molecule has 48 heavy (non-hydrogen) atoms. The second kappa shape index (κ2) is 14.0. The molecule has 2 N–H and O–H groups in total. The van der Waals surface area contributed by atoms with Crippen molar-refractivity contribution in [3.05, 3.63) is 94.1 Å². The number of para-hydroxylation sites is 1. The van der Waals surface area contributed by atoms with Crippen LogP contribution in [0.2, 0.25) is 5.02 Å². The Balaban J connectivity index is 1.61. The number of rotatable bonds is 11. The van der Waals surface area contributed by atoms with Gasteiger partial charge in [-0.2, -0.15) is 5.10 Å². The molecule has 0 aliphatic carbocycles. The molecule has 1 aromatic heterocycles. The number of aromatic carboxylic acids is 1. The molecule has 0 saturated heterocycles. The number of fused-ring (bicyclic) bond motifs is 1. The highest BCUT2D eigenvalue weighted by Gasteiger charge is 2.40. The monoisotopic (exact) mass is 677 g/mol. The quantitative estimate of drug-likeness (QED) is 0.192. The molecule has 3 aromatic carbocycles. The molecule has 252 valence electrons.